The number of carbonyl (C=O) groups is 2. The van der Waals surface area contributed by atoms with Crippen molar-refractivity contribution < 1.29 is 9.59 Å². The van der Waals surface area contributed by atoms with Crippen LogP contribution in [0, 0.1) is 5.92 Å². The topological polar surface area (TPSA) is 65.2 Å². The van der Waals surface area contributed by atoms with Gasteiger partial charge in [0.2, 0.25) is 11.8 Å². The molecule has 2 fully saturated rings. The number of amides is 2. The largest absolute Gasteiger partial charge is 0.361 e. The number of rotatable bonds is 4. The third-order valence-corrected chi connectivity index (χ3v) is 5.38. The zero-order valence-corrected chi connectivity index (χ0v) is 13.8. The third kappa shape index (κ3) is 2.90. The molecule has 5 heteroatoms. The van der Waals surface area contributed by atoms with Crippen LogP contribution in [0.15, 0.2) is 30.5 Å². The van der Waals surface area contributed by atoms with Gasteiger partial charge in [0.05, 0.1) is 5.92 Å². The van der Waals surface area contributed by atoms with E-state index in [1.165, 1.54) is 18.2 Å². The van der Waals surface area contributed by atoms with Gasteiger partial charge in [0.1, 0.15) is 0 Å². The van der Waals surface area contributed by atoms with Gasteiger partial charge in [-0.15, -0.1) is 0 Å². The SMILES string of the molecule is O=C(NCc1ccc2cc[nH]c2c1)C1CC(=O)N(C2CCCC2)C1. The molecule has 2 amide bonds. The zero-order valence-electron chi connectivity index (χ0n) is 13.8. The number of carbonyl (C=O) groups excluding carboxylic acids is 2. The number of nitrogens with zero attached hydrogens (tertiary/aromatic N) is 1. The fraction of sp³-hybridized carbons (Fsp3) is 0.474. The Hall–Kier alpha value is -2.30. The maximum absolute atomic E-state index is 12.4. The minimum Gasteiger partial charge on any atom is -0.361 e. The van der Waals surface area contributed by atoms with Crippen molar-refractivity contribution in [2.75, 3.05) is 6.54 Å². The lowest BCUT2D eigenvalue weighted by molar-refractivity contribution is -0.130. The smallest absolute Gasteiger partial charge is 0.225 e. The Morgan fingerprint density at radius 1 is 1.25 bits per heavy atom. The van der Waals surface area contributed by atoms with Crippen molar-refractivity contribution in [2.24, 2.45) is 5.92 Å². The van der Waals surface area contributed by atoms with Crippen LogP contribution in [0.1, 0.15) is 37.7 Å². The Kier molecular flexibility index (Phi) is 4.00. The summed E-state index contributed by atoms with van der Waals surface area (Å²) in [6, 6.07) is 8.53. The predicted molar refractivity (Wildman–Crippen MR) is 92.2 cm³/mol. The lowest BCUT2D eigenvalue weighted by Crippen LogP contribution is -2.36. The van der Waals surface area contributed by atoms with Gasteiger partial charge < -0.3 is 15.2 Å². The number of fused-ring (bicyclic) bond motifs is 1. The second-order valence-electron chi connectivity index (χ2n) is 7.00. The van der Waals surface area contributed by atoms with Crippen molar-refractivity contribution in [1.82, 2.24) is 15.2 Å². The summed E-state index contributed by atoms with van der Waals surface area (Å²) in [6.07, 6.45) is 6.86. The van der Waals surface area contributed by atoms with E-state index in [1.54, 1.807) is 0 Å². The average Bonchev–Trinajstić information content (AvgIpc) is 3.31. The number of benzene rings is 1. The molecular weight excluding hydrogens is 302 g/mol. The molecule has 1 saturated heterocycles. The van der Waals surface area contributed by atoms with E-state index in [1.807, 2.05) is 29.3 Å². The Labute approximate surface area is 141 Å². The highest BCUT2D eigenvalue weighted by atomic mass is 16.2. The molecule has 1 aromatic carbocycles. The van der Waals surface area contributed by atoms with E-state index in [0.29, 0.717) is 25.6 Å². The van der Waals surface area contributed by atoms with Gasteiger partial charge in [-0.05, 0) is 35.9 Å². The van der Waals surface area contributed by atoms with Gasteiger partial charge in [0.25, 0.3) is 0 Å². The van der Waals surface area contributed by atoms with E-state index in [4.69, 9.17) is 0 Å². The molecular formula is C19H23N3O2. The molecule has 2 aromatic rings. The molecule has 2 aliphatic rings. The minimum absolute atomic E-state index is 0.00423. The quantitative estimate of drug-likeness (QED) is 0.907. The molecule has 1 unspecified atom stereocenters. The van der Waals surface area contributed by atoms with Gasteiger partial charge >= 0.3 is 0 Å². The monoisotopic (exact) mass is 325 g/mol. The molecule has 1 aliphatic carbocycles. The zero-order chi connectivity index (χ0) is 16.5. The first-order chi connectivity index (χ1) is 11.7. The Bertz CT molecular complexity index is 761. The highest BCUT2D eigenvalue weighted by Gasteiger charge is 2.38. The van der Waals surface area contributed by atoms with Crippen LogP contribution >= 0.6 is 0 Å². The number of hydrogen-bond acceptors (Lipinski definition) is 2. The van der Waals surface area contributed by atoms with Crippen LogP contribution in [0.25, 0.3) is 10.9 Å². The van der Waals surface area contributed by atoms with Crippen molar-refractivity contribution in [1.29, 1.82) is 0 Å². The van der Waals surface area contributed by atoms with Crippen molar-refractivity contribution >= 4 is 22.7 Å². The van der Waals surface area contributed by atoms with Gasteiger partial charge in [-0.2, -0.15) is 0 Å². The van der Waals surface area contributed by atoms with E-state index in [9.17, 15) is 9.59 Å². The Morgan fingerprint density at radius 3 is 2.92 bits per heavy atom. The number of nitrogens with one attached hydrogen (secondary N) is 2. The molecule has 0 radical (unpaired) electrons. The lowest BCUT2D eigenvalue weighted by Gasteiger charge is -2.23. The highest BCUT2D eigenvalue weighted by molar-refractivity contribution is 5.89. The third-order valence-electron chi connectivity index (χ3n) is 5.38. The van der Waals surface area contributed by atoms with E-state index < -0.39 is 0 Å². The van der Waals surface area contributed by atoms with E-state index in [2.05, 4.69) is 16.4 Å². The molecule has 0 bridgehead atoms. The standard InChI is InChI=1S/C19H23N3O2/c23-18-10-15(12-22(18)16-3-1-2-4-16)19(24)21-11-13-5-6-14-7-8-20-17(14)9-13/h5-9,15-16,20H,1-4,10-12H2,(H,21,24). The van der Waals surface area contributed by atoms with Gasteiger partial charge in [0, 0.05) is 37.3 Å². The summed E-state index contributed by atoms with van der Waals surface area (Å²) in [7, 11) is 0. The summed E-state index contributed by atoms with van der Waals surface area (Å²) in [4.78, 5) is 29.8. The maximum Gasteiger partial charge on any atom is 0.225 e. The van der Waals surface area contributed by atoms with Crippen LogP contribution in [0.2, 0.25) is 0 Å². The molecule has 126 valence electrons. The summed E-state index contributed by atoms with van der Waals surface area (Å²) in [5.74, 6) is -0.0578. The number of likely N-dealkylation sites (tertiary alicyclic amines) is 1. The van der Waals surface area contributed by atoms with Crippen molar-refractivity contribution in [3.8, 4) is 0 Å². The number of hydrogen-bond donors (Lipinski definition) is 2. The number of aromatic nitrogens is 1. The first-order valence-electron chi connectivity index (χ1n) is 8.84. The molecule has 0 spiro atoms. The molecule has 4 rings (SSSR count). The number of H-pyrrole nitrogens is 1. The summed E-state index contributed by atoms with van der Waals surface area (Å²) < 4.78 is 0. The van der Waals surface area contributed by atoms with Crippen molar-refractivity contribution in [2.45, 2.75) is 44.7 Å². The van der Waals surface area contributed by atoms with E-state index in [0.717, 1.165) is 23.9 Å². The molecule has 1 aromatic heterocycles. The average molecular weight is 325 g/mol. The second-order valence-corrected chi connectivity index (χ2v) is 7.00. The van der Waals surface area contributed by atoms with Crippen LogP contribution in [0.5, 0.6) is 0 Å². The van der Waals surface area contributed by atoms with Crippen molar-refractivity contribution in [3.63, 3.8) is 0 Å². The van der Waals surface area contributed by atoms with Crippen LogP contribution < -0.4 is 5.32 Å². The van der Waals surface area contributed by atoms with Crippen LogP contribution in [-0.4, -0.2) is 34.3 Å². The van der Waals surface area contributed by atoms with Gasteiger partial charge in [-0.3, -0.25) is 9.59 Å². The molecule has 2 N–H and O–H groups in total. The van der Waals surface area contributed by atoms with E-state index >= 15 is 0 Å². The summed E-state index contributed by atoms with van der Waals surface area (Å²) in [5.41, 5.74) is 2.14. The van der Waals surface area contributed by atoms with Crippen LogP contribution in [-0.2, 0) is 16.1 Å². The fourth-order valence-electron chi connectivity index (χ4n) is 4.01. The summed E-state index contributed by atoms with van der Waals surface area (Å²) >= 11 is 0. The first-order valence-corrected chi connectivity index (χ1v) is 8.84. The maximum atomic E-state index is 12.4. The van der Waals surface area contributed by atoms with Gasteiger partial charge in [0.15, 0.2) is 0 Å². The molecule has 5 nitrogen and oxygen atoms in total. The predicted octanol–water partition coefficient (Wildman–Crippen LogP) is 2.58. The Morgan fingerprint density at radius 2 is 2.08 bits per heavy atom. The Balaban J connectivity index is 1.35. The van der Waals surface area contributed by atoms with Crippen LogP contribution in [0.3, 0.4) is 0 Å². The second kappa shape index (κ2) is 6.30. The highest BCUT2D eigenvalue weighted by Crippen LogP contribution is 2.29. The fourth-order valence-corrected chi connectivity index (χ4v) is 4.01. The minimum atomic E-state index is -0.202. The van der Waals surface area contributed by atoms with Gasteiger partial charge in [-0.1, -0.05) is 25.0 Å². The normalized spacial score (nSPS) is 21.8. The van der Waals surface area contributed by atoms with Crippen molar-refractivity contribution in [3.05, 3.63) is 36.0 Å². The summed E-state index contributed by atoms with van der Waals surface area (Å²) in [5, 5.41) is 4.16. The lowest BCUT2D eigenvalue weighted by atomic mass is 10.1. The molecule has 1 atom stereocenters. The summed E-state index contributed by atoms with van der Waals surface area (Å²) in [6.45, 7) is 1.09. The molecule has 2 heterocycles. The number of aromatic amines is 1. The van der Waals surface area contributed by atoms with Gasteiger partial charge in [-0.25, -0.2) is 0 Å². The molecule has 1 saturated carbocycles. The van der Waals surface area contributed by atoms with E-state index in [-0.39, 0.29) is 17.7 Å². The van der Waals surface area contributed by atoms with Crippen LogP contribution in [0.4, 0.5) is 0 Å². The molecule has 1 aliphatic heterocycles. The first kappa shape index (κ1) is 15.2. The molecule has 24 heavy (non-hydrogen) atoms.